The molecule has 4 nitrogen and oxygen atoms in total. The lowest BCUT2D eigenvalue weighted by Gasteiger charge is -2.43. The second-order valence-electron chi connectivity index (χ2n) is 6.78. The predicted molar refractivity (Wildman–Crippen MR) is 83.8 cm³/mol. The zero-order chi connectivity index (χ0) is 14.8. The molecule has 1 aliphatic rings. The van der Waals surface area contributed by atoms with Crippen molar-refractivity contribution < 1.29 is 0 Å². The molecule has 1 aromatic heterocycles. The Labute approximate surface area is 123 Å². The first-order valence-electron chi connectivity index (χ1n) is 7.98. The van der Waals surface area contributed by atoms with Gasteiger partial charge in [0, 0.05) is 37.4 Å². The lowest BCUT2D eigenvalue weighted by atomic mass is 9.99. The van der Waals surface area contributed by atoms with Gasteiger partial charge >= 0.3 is 0 Å². The summed E-state index contributed by atoms with van der Waals surface area (Å²) < 4.78 is 2.15. The van der Waals surface area contributed by atoms with Crippen LogP contribution in [0.5, 0.6) is 0 Å². The second-order valence-corrected chi connectivity index (χ2v) is 6.78. The molecule has 1 aromatic rings. The van der Waals surface area contributed by atoms with Gasteiger partial charge in [-0.05, 0) is 39.7 Å². The zero-order valence-corrected chi connectivity index (χ0v) is 13.7. The highest BCUT2D eigenvalue weighted by Crippen LogP contribution is 2.19. The SMILES string of the molecule is CCC(CC)n1ccc(CN2CC(C)(C)NCC2C)n1. The molecule has 20 heavy (non-hydrogen) atoms. The van der Waals surface area contributed by atoms with Gasteiger partial charge < -0.3 is 5.32 Å². The minimum Gasteiger partial charge on any atom is -0.309 e. The van der Waals surface area contributed by atoms with E-state index < -0.39 is 0 Å². The summed E-state index contributed by atoms with van der Waals surface area (Å²) in [6.45, 7) is 14.4. The summed E-state index contributed by atoms with van der Waals surface area (Å²) >= 11 is 0. The van der Waals surface area contributed by atoms with Crippen LogP contribution in [0.15, 0.2) is 12.3 Å². The van der Waals surface area contributed by atoms with Crippen LogP contribution in [0, 0.1) is 0 Å². The van der Waals surface area contributed by atoms with Crippen LogP contribution in [0.25, 0.3) is 0 Å². The van der Waals surface area contributed by atoms with Crippen molar-refractivity contribution in [1.82, 2.24) is 20.0 Å². The van der Waals surface area contributed by atoms with Crippen LogP contribution >= 0.6 is 0 Å². The Kier molecular flexibility index (Phi) is 4.86. The van der Waals surface area contributed by atoms with E-state index in [2.05, 4.69) is 61.8 Å². The number of aromatic nitrogens is 2. The summed E-state index contributed by atoms with van der Waals surface area (Å²) in [5.41, 5.74) is 1.39. The van der Waals surface area contributed by atoms with E-state index in [1.807, 2.05) is 0 Å². The van der Waals surface area contributed by atoms with E-state index in [9.17, 15) is 0 Å². The Balaban J connectivity index is 2.02. The van der Waals surface area contributed by atoms with Gasteiger partial charge in [0.2, 0.25) is 0 Å². The topological polar surface area (TPSA) is 33.1 Å². The molecule has 1 N–H and O–H groups in total. The number of hydrogen-bond donors (Lipinski definition) is 1. The third-order valence-corrected chi connectivity index (χ3v) is 4.44. The fourth-order valence-electron chi connectivity index (χ4n) is 3.02. The molecule has 0 saturated carbocycles. The monoisotopic (exact) mass is 278 g/mol. The first kappa shape index (κ1) is 15.5. The highest BCUT2D eigenvalue weighted by atomic mass is 15.3. The average Bonchev–Trinajstić information content (AvgIpc) is 2.84. The van der Waals surface area contributed by atoms with E-state index >= 15 is 0 Å². The minimum absolute atomic E-state index is 0.199. The molecule has 0 radical (unpaired) electrons. The van der Waals surface area contributed by atoms with Crippen molar-refractivity contribution in [2.75, 3.05) is 13.1 Å². The molecular formula is C16H30N4. The standard InChI is InChI=1S/C16H30N4/c1-6-15(7-2)20-9-8-14(18-20)11-19-12-16(4,5)17-10-13(19)3/h8-9,13,15,17H,6-7,10-12H2,1-5H3. The molecule has 1 fully saturated rings. The largest absolute Gasteiger partial charge is 0.309 e. The normalized spacial score (nSPS) is 23.4. The summed E-state index contributed by atoms with van der Waals surface area (Å²) in [7, 11) is 0. The molecule has 2 heterocycles. The number of nitrogens with zero attached hydrogens (tertiary/aromatic N) is 3. The van der Waals surface area contributed by atoms with E-state index in [-0.39, 0.29) is 5.54 Å². The highest BCUT2D eigenvalue weighted by molar-refractivity contribution is 5.02. The number of rotatable bonds is 5. The molecular weight excluding hydrogens is 248 g/mol. The molecule has 1 atom stereocenters. The van der Waals surface area contributed by atoms with E-state index in [0.29, 0.717) is 12.1 Å². The fraction of sp³-hybridized carbons (Fsp3) is 0.812. The van der Waals surface area contributed by atoms with Gasteiger partial charge in [0.25, 0.3) is 0 Å². The molecule has 0 aliphatic carbocycles. The Morgan fingerprint density at radius 3 is 2.75 bits per heavy atom. The lowest BCUT2D eigenvalue weighted by Crippen LogP contribution is -2.60. The summed E-state index contributed by atoms with van der Waals surface area (Å²) in [5.74, 6) is 0. The molecule has 4 heteroatoms. The summed E-state index contributed by atoms with van der Waals surface area (Å²) in [6, 6.07) is 3.29. The van der Waals surface area contributed by atoms with Crippen LogP contribution in [0.3, 0.4) is 0 Å². The molecule has 2 rings (SSSR count). The Hall–Kier alpha value is -0.870. The fourth-order valence-corrected chi connectivity index (χ4v) is 3.02. The van der Waals surface area contributed by atoms with Crippen LogP contribution in [0.2, 0.25) is 0 Å². The summed E-state index contributed by atoms with van der Waals surface area (Å²) in [4.78, 5) is 2.54. The van der Waals surface area contributed by atoms with Crippen LogP contribution in [0.1, 0.15) is 59.2 Å². The summed E-state index contributed by atoms with van der Waals surface area (Å²) in [6.07, 6.45) is 4.44. The molecule has 0 bridgehead atoms. The Morgan fingerprint density at radius 2 is 2.10 bits per heavy atom. The van der Waals surface area contributed by atoms with Gasteiger partial charge in [0.15, 0.2) is 0 Å². The van der Waals surface area contributed by atoms with Gasteiger partial charge in [-0.1, -0.05) is 13.8 Å². The summed E-state index contributed by atoms with van der Waals surface area (Å²) in [5, 5.41) is 8.38. The lowest BCUT2D eigenvalue weighted by molar-refractivity contribution is 0.0962. The van der Waals surface area contributed by atoms with Crippen LogP contribution < -0.4 is 5.32 Å². The van der Waals surface area contributed by atoms with E-state index in [4.69, 9.17) is 5.10 Å². The van der Waals surface area contributed by atoms with Crippen LogP contribution in [0.4, 0.5) is 0 Å². The van der Waals surface area contributed by atoms with Crippen molar-refractivity contribution >= 4 is 0 Å². The Bertz CT molecular complexity index is 420. The second kappa shape index (κ2) is 6.27. The van der Waals surface area contributed by atoms with Crippen molar-refractivity contribution in [1.29, 1.82) is 0 Å². The number of piperazine rings is 1. The maximum atomic E-state index is 4.78. The molecule has 114 valence electrons. The third-order valence-electron chi connectivity index (χ3n) is 4.44. The van der Waals surface area contributed by atoms with Gasteiger partial charge in [-0.15, -0.1) is 0 Å². The highest BCUT2D eigenvalue weighted by Gasteiger charge is 2.30. The number of nitrogens with one attached hydrogen (secondary N) is 1. The molecule has 1 aliphatic heterocycles. The van der Waals surface area contributed by atoms with Crippen molar-refractivity contribution in [2.24, 2.45) is 0 Å². The molecule has 0 spiro atoms. The van der Waals surface area contributed by atoms with E-state index in [0.717, 1.165) is 32.5 Å². The number of hydrogen-bond acceptors (Lipinski definition) is 3. The van der Waals surface area contributed by atoms with Crippen molar-refractivity contribution in [3.8, 4) is 0 Å². The van der Waals surface area contributed by atoms with Crippen LogP contribution in [-0.4, -0.2) is 39.4 Å². The molecule has 0 aromatic carbocycles. The van der Waals surface area contributed by atoms with Crippen molar-refractivity contribution in [3.63, 3.8) is 0 Å². The smallest absolute Gasteiger partial charge is 0.0765 e. The van der Waals surface area contributed by atoms with Gasteiger partial charge in [0.1, 0.15) is 0 Å². The average molecular weight is 278 g/mol. The van der Waals surface area contributed by atoms with Gasteiger partial charge in [-0.2, -0.15) is 5.10 Å². The minimum atomic E-state index is 0.199. The van der Waals surface area contributed by atoms with Crippen molar-refractivity contribution in [2.45, 2.75) is 71.6 Å². The van der Waals surface area contributed by atoms with E-state index in [1.54, 1.807) is 0 Å². The van der Waals surface area contributed by atoms with Crippen molar-refractivity contribution in [3.05, 3.63) is 18.0 Å². The molecule has 0 amide bonds. The molecule has 1 unspecified atom stereocenters. The first-order chi connectivity index (χ1) is 9.45. The van der Waals surface area contributed by atoms with Crippen LogP contribution in [-0.2, 0) is 6.54 Å². The third kappa shape index (κ3) is 3.61. The van der Waals surface area contributed by atoms with Gasteiger partial charge in [-0.25, -0.2) is 0 Å². The zero-order valence-electron chi connectivity index (χ0n) is 13.7. The maximum absolute atomic E-state index is 4.78. The quantitative estimate of drug-likeness (QED) is 0.899. The van der Waals surface area contributed by atoms with Gasteiger partial charge in [-0.3, -0.25) is 9.58 Å². The Morgan fingerprint density at radius 1 is 1.40 bits per heavy atom. The van der Waals surface area contributed by atoms with E-state index in [1.165, 1.54) is 5.69 Å². The predicted octanol–water partition coefficient (Wildman–Crippen LogP) is 2.82. The maximum Gasteiger partial charge on any atom is 0.0765 e. The molecule has 1 saturated heterocycles. The van der Waals surface area contributed by atoms with Gasteiger partial charge in [0.05, 0.1) is 11.7 Å². The first-order valence-corrected chi connectivity index (χ1v) is 7.98.